The van der Waals surface area contributed by atoms with E-state index in [0.717, 1.165) is 17.1 Å². The van der Waals surface area contributed by atoms with Gasteiger partial charge >= 0.3 is 0 Å². The molecule has 0 atom stereocenters. The van der Waals surface area contributed by atoms with Gasteiger partial charge in [-0.15, -0.1) is 0 Å². The number of rotatable bonds is 4. The van der Waals surface area contributed by atoms with Crippen molar-refractivity contribution < 1.29 is 9.47 Å². The summed E-state index contributed by atoms with van der Waals surface area (Å²) in [4.78, 5) is 0. The highest BCUT2D eigenvalue weighted by Gasteiger charge is 2.02. The third-order valence-electron chi connectivity index (χ3n) is 3.14. The molecule has 2 aromatic carbocycles. The van der Waals surface area contributed by atoms with E-state index < -0.39 is 0 Å². The quantitative estimate of drug-likeness (QED) is 0.761. The maximum atomic E-state index is 5.37. The predicted molar refractivity (Wildman–Crippen MR) is 84.4 cm³/mol. The van der Waals surface area contributed by atoms with E-state index >= 15 is 0 Å². The number of ether oxygens (including phenoxy) is 2. The number of hydrogen-bond donors (Lipinski definition) is 0. The summed E-state index contributed by atoms with van der Waals surface area (Å²) < 4.78 is 10.6. The molecule has 0 fully saturated rings. The Kier molecular flexibility index (Phi) is 4.46. The monoisotopic (exact) mass is 268 g/mol. The molecule has 0 N–H and O–H groups in total. The minimum atomic E-state index is 0.825. The second-order valence-corrected chi connectivity index (χ2v) is 4.86. The normalized spacial score (nSPS) is 10.8. The molecule has 0 heterocycles. The van der Waals surface area contributed by atoms with Crippen LogP contribution in [0.25, 0.3) is 12.2 Å². The van der Waals surface area contributed by atoms with Gasteiger partial charge in [-0.3, -0.25) is 0 Å². The van der Waals surface area contributed by atoms with Gasteiger partial charge in [0.2, 0.25) is 0 Å². The molecule has 0 bridgehead atoms. The molecular formula is C18H20O2. The number of methoxy groups -OCH3 is 2. The van der Waals surface area contributed by atoms with Crippen molar-refractivity contribution in [3.05, 3.63) is 58.7 Å². The number of aryl methyl sites for hydroxylation is 2. The van der Waals surface area contributed by atoms with Crippen LogP contribution in [0.3, 0.4) is 0 Å². The summed E-state index contributed by atoms with van der Waals surface area (Å²) in [7, 11) is 3.34. The van der Waals surface area contributed by atoms with Gasteiger partial charge in [0.25, 0.3) is 0 Å². The van der Waals surface area contributed by atoms with Crippen LogP contribution in [-0.2, 0) is 0 Å². The molecule has 2 aromatic rings. The van der Waals surface area contributed by atoms with Crippen molar-refractivity contribution >= 4 is 12.2 Å². The van der Waals surface area contributed by atoms with Crippen LogP contribution in [0.5, 0.6) is 11.5 Å². The van der Waals surface area contributed by atoms with Crippen LogP contribution in [0.2, 0.25) is 0 Å². The fourth-order valence-electron chi connectivity index (χ4n) is 2.26. The van der Waals surface area contributed by atoms with Crippen LogP contribution < -0.4 is 9.47 Å². The maximum absolute atomic E-state index is 5.37. The summed E-state index contributed by atoms with van der Waals surface area (Å²) in [6.07, 6.45) is 4.15. The molecule has 2 heteroatoms. The molecule has 0 aromatic heterocycles. The second-order valence-electron chi connectivity index (χ2n) is 4.86. The zero-order valence-electron chi connectivity index (χ0n) is 12.4. The van der Waals surface area contributed by atoms with Gasteiger partial charge in [-0.1, -0.05) is 41.5 Å². The van der Waals surface area contributed by atoms with Crippen LogP contribution >= 0.6 is 0 Å². The summed E-state index contributed by atoms with van der Waals surface area (Å²) in [5, 5.41) is 0. The van der Waals surface area contributed by atoms with Crippen LogP contribution in [-0.4, -0.2) is 14.2 Å². The van der Waals surface area contributed by atoms with Crippen molar-refractivity contribution in [3.8, 4) is 11.5 Å². The third kappa shape index (κ3) is 3.41. The first-order valence-electron chi connectivity index (χ1n) is 6.61. The molecule has 0 saturated carbocycles. The topological polar surface area (TPSA) is 18.5 Å². The molecule has 0 radical (unpaired) electrons. The predicted octanol–water partition coefficient (Wildman–Crippen LogP) is 4.49. The zero-order chi connectivity index (χ0) is 14.5. The van der Waals surface area contributed by atoms with Gasteiger partial charge in [-0.2, -0.15) is 0 Å². The van der Waals surface area contributed by atoms with Gasteiger partial charge < -0.3 is 9.47 Å². The Morgan fingerprint density at radius 1 is 0.800 bits per heavy atom. The summed E-state index contributed by atoms with van der Waals surface area (Å²) >= 11 is 0. The van der Waals surface area contributed by atoms with Crippen LogP contribution in [0.1, 0.15) is 22.3 Å². The minimum absolute atomic E-state index is 0.825. The fourth-order valence-corrected chi connectivity index (χ4v) is 2.26. The summed E-state index contributed by atoms with van der Waals surface area (Å²) in [6, 6.07) is 12.3. The molecule has 0 amide bonds. The molecular weight excluding hydrogens is 248 g/mol. The fraction of sp³-hybridized carbons (Fsp3) is 0.222. The van der Waals surface area contributed by atoms with Gasteiger partial charge in [0.15, 0.2) is 0 Å². The van der Waals surface area contributed by atoms with Crippen LogP contribution in [0.4, 0.5) is 0 Å². The highest BCUT2D eigenvalue weighted by atomic mass is 16.5. The largest absolute Gasteiger partial charge is 0.497 e. The van der Waals surface area contributed by atoms with E-state index in [-0.39, 0.29) is 0 Å². The van der Waals surface area contributed by atoms with Gasteiger partial charge in [-0.05, 0) is 37.6 Å². The Morgan fingerprint density at radius 3 is 2.10 bits per heavy atom. The Balaban J connectivity index is 2.34. The first kappa shape index (κ1) is 14.2. The van der Waals surface area contributed by atoms with Gasteiger partial charge in [-0.25, -0.2) is 0 Å². The Labute approximate surface area is 120 Å². The zero-order valence-corrected chi connectivity index (χ0v) is 12.4. The molecule has 104 valence electrons. The van der Waals surface area contributed by atoms with E-state index in [9.17, 15) is 0 Å². The maximum Gasteiger partial charge on any atom is 0.126 e. The lowest BCUT2D eigenvalue weighted by Crippen LogP contribution is -1.89. The first-order chi connectivity index (χ1) is 9.62. The summed E-state index contributed by atoms with van der Waals surface area (Å²) in [5.41, 5.74) is 4.72. The second kappa shape index (κ2) is 6.29. The lowest BCUT2D eigenvalue weighted by Gasteiger charge is -2.07. The standard InChI is InChI=1S/C18H20O2/c1-13-9-14(2)11-15(10-13)5-6-16-12-17(19-3)7-8-18(16)20-4/h5-12H,1-4H3/b6-5+. The first-order valence-corrected chi connectivity index (χ1v) is 6.61. The molecule has 0 saturated heterocycles. The molecule has 2 nitrogen and oxygen atoms in total. The highest BCUT2D eigenvalue weighted by Crippen LogP contribution is 2.26. The van der Waals surface area contributed by atoms with Gasteiger partial charge in [0.05, 0.1) is 14.2 Å². The van der Waals surface area contributed by atoms with E-state index in [1.54, 1.807) is 14.2 Å². The molecule has 0 spiro atoms. The van der Waals surface area contributed by atoms with Crippen LogP contribution in [0, 0.1) is 13.8 Å². The van der Waals surface area contributed by atoms with E-state index in [1.807, 2.05) is 18.2 Å². The molecule has 2 rings (SSSR count). The summed E-state index contributed by atoms with van der Waals surface area (Å²) in [5.74, 6) is 1.66. The highest BCUT2D eigenvalue weighted by molar-refractivity contribution is 5.73. The van der Waals surface area contributed by atoms with Crippen molar-refractivity contribution in [1.82, 2.24) is 0 Å². The molecule has 20 heavy (non-hydrogen) atoms. The molecule has 0 unspecified atom stereocenters. The average molecular weight is 268 g/mol. The Hall–Kier alpha value is -2.22. The van der Waals surface area contributed by atoms with Gasteiger partial charge in [0.1, 0.15) is 11.5 Å². The number of hydrogen-bond acceptors (Lipinski definition) is 2. The van der Waals surface area contributed by atoms with Crippen LogP contribution in [0.15, 0.2) is 36.4 Å². The lowest BCUT2D eigenvalue weighted by molar-refractivity contribution is 0.402. The van der Waals surface area contributed by atoms with Crippen molar-refractivity contribution in [2.75, 3.05) is 14.2 Å². The Bertz CT molecular complexity index is 607. The summed E-state index contributed by atoms with van der Waals surface area (Å²) in [6.45, 7) is 4.22. The molecule has 0 aliphatic rings. The van der Waals surface area contributed by atoms with Crippen molar-refractivity contribution in [1.29, 1.82) is 0 Å². The SMILES string of the molecule is COc1ccc(OC)c(/C=C/c2cc(C)cc(C)c2)c1. The lowest BCUT2D eigenvalue weighted by atomic mass is 10.1. The third-order valence-corrected chi connectivity index (χ3v) is 3.14. The van der Waals surface area contributed by atoms with Gasteiger partial charge in [0, 0.05) is 5.56 Å². The smallest absolute Gasteiger partial charge is 0.126 e. The van der Waals surface area contributed by atoms with E-state index in [0.29, 0.717) is 0 Å². The Morgan fingerprint density at radius 2 is 1.50 bits per heavy atom. The minimum Gasteiger partial charge on any atom is -0.497 e. The molecule has 0 aliphatic heterocycles. The average Bonchev–Trinajstić information content (AvgIpc) is 2.43. The molecule has 0 aliphatic carbocycles. The number of benzene rings is 2. The van der Waals surface area contributed by atoms with Crippen molar-refractivity contribution in [2.24, 2.45) is 0 Å². The van der Waals surface area contributed by atoms with Crippen molar-refractivity contribution in [2.45, 2.75) is 13.8 Å². The van der Waals surface area contributed by atoms with Crippen molar-refractivity contribution in [3.63, 3.8) is 0 Å². The van der Waals surface area contributed by atoms with E-state index in [1.165, 1.54) is 16.7 Å². The van der Waals surface area contributed by atoms with E-state index in [4.69, 9.17) is 9.47 Å². The van der Waals surface area contributed by atoms with E-state index in [2.05, 4.69) is 44.2 Å².